The van der Waals surface area contributed by atoms with E-state index in [0.717, 1.165) is 6.54 Å². The van der Waals surface area contributed by atoms with Gasteiger partial charge in [-0.1, -0.05) is 0 Å². The van der Waals surface area contributed by atoms with Crippen LogP contribution in [0.25, 0.3) is 0 Å². The number of aliphatic hydroxyl groups is 1. The summed E-state index contributed by atoms with van der Waals surface area (Å²) in [5, 5.41) is 15.4. The van der Waals surface area contributed by atoms with Crippen molar-refractivity contribution in [2.75, 3.05) is 32.8 Å². The highest BCUT2D eigenvalue weighted by Gasteiger charge is 2.31. The Morgan fingerprint density at radius 3 is 2.94 bits per heavy atom. The smallest absolute Gasteiger partial charge is 0.261 e. The van der Waals surface area contributed by atoms with Gasteiger partial charge in [0, 0.05) is 19.5 Å². The van der Waals surface area contributed by atoms with Crippen molar-refractivity contribution >= 4 is 5.91 Å². The van der Waals surface area contributed by atoms with E-state index in [1.165, 1.54) is 0 Å². The largest absolute Gasteiger partial charge is 0.387 e. The highest BCUT2D eigenvalue weighted by Crippen LogP contribution is 2.12. The number of hydrogen-bond donors (Lipinski definition) is 3. The molecule has 5 nitrogen and oxygen atoms in total. The maximum absolute atomic E-state index is 11.7. The summed E-state index contributed by atoms with van der Waals surface area (Å²) in [4.78, 5) is 11.3. The summed E-state index contributed by atoms with van der Waals surface area (Å²) >= 11 is 0. The first-order valence-corrected chi connectivity index (χ1v) is 5.57. The van der Waals surface area contributed by atoms with Crippen LogP contribution < -0.4 is 10.6 Å². The number of carbonyl (C=O) groups excluding carboxylic acids is 1. The van der Waals surface area contributed by atoms with Crippen molar-refractivity contribution in [1.29, 1.82) is 0 Å². The number of carbonyl (C=O) groups is 1. The van der Waals surface area contributed by atoms with Gasteiger partial charge < -0.3 is 20.5 Å². The van der Waals surface area contributed by atoms with Gasteiger partial charge in [-0.25, -0.2) is 8.78 Å². The molecule has 0 spiro atoms. The van der Waals surface area contributed by atoms with Crippen molar-refractivity contribution < 1.29 is 23.4 Å². The van der Waals surface area contributed by atoms with E-state index in [2.05, 4.69) is 15.4 Å². The third-order valence-electron chi connectivity index (χ3n) is 2.55. The van der Waals surface area contributed by atoms with Crippen molar-refractivity contribution in [3.63, 3.8) is 0 Å². The fourth-order valence-electron chi connectivity index (χ4n) is 1.57. The van der Waals surface area contributed by atoms with E-state index in [1.807, 2.05) is 0 Å². The van der Waals surface area contributed by atoms with Gasteiger partial charge in [0.05, 0.1) is 12.2 Å². The summed E-state index contributed by atoms with van der Waals surface area (Å²) in [6, 6.07) is 0. The van der Waals surface area contributed by atoms with Gasteiger partial charge in [0.2, 0.25) is 5.91 Å². The van der Waals surface area contributed by atoms with Crippen molar-refractivity contribution in [2.24, 2.45) is 0 Å². The average Bonchev–Trinajstić information content (AvgIpc) is 2.69. The molecule has 0 aromatic rings. The molecule has 1 aliphatic heterocycles. The fraction of sp³-hybridized carbons (Fsp3) is 0.900. The second-order valence-corrected chi connectivity index (χ2v) is 4.14. The Bertz CT molecular complexity index is 246. The molecule has 0 aromatic heterocycles. The molecule has 1 amide bonds. The van der Waals surface area contributed by atoms with Crippen molar-refractivity contribution in [3.8, 4) is 0 Å². The van der Waals surface area contributed by atoms with Gasteiger partial charge in [-0.3, -0.25) is 4.79 Å². The lowest BCUT2D eigenvalue weighted by Gasteiger charge is -2.21. The quantitative estimate of drug-likeness (QED) is 0.534. The van der Waals surface area contributed by atoms with Gasteiger partial charge in [-0.2, -0.15) is 0 Å². The molecule has 0 aromatic carbocycles. The summed E-state index contributed by atoms with van der Waals surface area (Å²) in [5.74, 6) is -0.306. The zero-order valence-corrected chi connectivity index (χ0v) is 9.55. The predicted molar refractivity (Wildman–Crippen MR) is 56.9 cm³/mol. The molecule has 0 saturated carbocycles. The Labute approximate surface area is 98.5 Å². The summed E-state index contributed by atoms with van der Waals surface area (Å²) < 4.78 is 28.0. The van der Waals surface area contributed by atoms with E-state index in [0.29, 0.717) is 13.0 Å². The standard InChI is InChI=1S/C10H18F2N2O3/c11-8(12)5-17-4-1-9(15)14-7-10(16)2-3-13-6-10/h8,13,16H,1-7H2,(H,14,15). The topological polar surface area (TPSA) is 70.6 Å². The van der Waals surface area contributed by atoms with Crippen molar-refractivity contribution in [1.82, 2.24) is 10.6 Å². The van der Waals surface area contributed by atoms with Crippen molar-refractivity contribution in [3.05, 3.63) is 0 Å². The Morgan fingerprint density at radius 1 is 1.59 bits per heavy atom. The third kappa shape index (κ3) is 5.90. The van der Waals surface area contributed by atoms with Crippen LogP contribution in [0.2, 0.25) is 0 Å². The van der Waals surface area contributed by atoms with E-state index in [1.54, 1.807) is 0 Å². The van der Waals surface area contributed by atoms with E-state index in [-0.39, 0.29) is 25.5 Å². The lowest BCUT2D eigenvalue weighted by atomic mass is 10.0. The van der Waals surface area contributed by atoms with Gasteiger partial charge in [-0.15, -0.1) is 0 Å². The number of rotatable bonds is 7. The minimum absolute atomic E-state index is 0.0240. The van der Waals surface area contributed by atoms with E-state index in [9.17, 15) is 18.7 Å². The lowest BCUT2D eigenvalue weighted by molar-refractivity contribution is -0.123. The fourth-order valence-corrected chi connectivity index (χ4v) is 1.57. The monoisotopic (exact) mass is 252 g/mol. The molecule has 1 rings (SSSR count). The highest BCUT2D eigenvalue weighted by atomic mass is 19.3. The van der Waals surface area contributed by atoms with E-state index >= 15 is 0 Å². The first-order chi connectivity index (χ1) is 8.02. The third-order valence-corrected chi connectivity index (χ3v) is 2.55. The second-order valence-electron chi connectivity index (χ2n) is 4.14. The van der Waals surface area contributed by atoms with E-state index < -0.39 is 18.6 Å². The molecule has 1 heterocycles. The van der Waals surface area contributed by atoms with Gasteiger partial charge >= 0.3 is 0 Å². The van der Waals surface area contributed by atoms with E-state index in [4.69, 9.17) is 0 Å². The summed E-state index contributed by atoms with van der Waals surface area (Å²) in [5.41, 5.74) is -0.889. The van der Waals surface area contributed by atoms with Crippen LogP contribution in [0.1, 0.15) is 12.8 Å². The number of alkyl halides is 2. The summed E-state index contributed by atoms with van der Waals surface area (Å²) in [6.07, 6.45) is -1.89. The first-order valence-electron chi connectivity index (χ1n) is 5.57. The Kier molecular flexibility index (Phi) is 5.73. The average molecular weight is 252 g/mol. The molecule has 1 fully saturated rings. The maximum Gasteiger partial charge on any atom is 0.261 e. The summed E-state index contributed by atoms with van der Waals surface area (Å²) in [6.45, 7) is 0.667. The molecule has 100 valence electrons. The van der Waals surface area contributed by atoms with Gasteiger partial charge in [0.1, 0.15) is 6.61 Å². The van der Waals surface area contributed by atoms with Crippen LogP contribution in [0.4, 0.5) is 8.78 Å². The molecule has 3 N–H and O–H groups in total. The molecule has 1 saturated heterocycles. The van der Waals surface area contributed by atoms with Crippen LogP contribution in [0.3, 0.4) is 0 Å². The zero-order valence-electron chi connectivity index (χ0n) is 9.55. The number of hydrogen-bond acceptors (Lipinski definition) is 4. The molecule has 0 radical (unpaired) electrons. The minimum Gasteiger partial charge on any atom is -0.387 e. The Balaban J connectivity index is 2.05. The number of halogens is 2. The lowest BCUT2D eigenvalue weighted by Crippen LogP contribution is -2.44. The van der Waals surface area contributed by atoms with Gasteiger partial charge in [0.25, 0.3) is 6.43 Å². The molecule has 1 unspecified atom stereocenters. The van der Waals surface area contributed by atoms with Crippen LogP contribution in [0.5, 0.6) is 0 Å². The molecule has 1 atom stereocenters. The first kappa shape index (κ1) is 14.3. The highest BCUT2D eigenvalue weighted by molar-refractivity contribution is 5.76. The van der Waals surface area contributed by atoms with Crippen LogP contribution in [0.15, 0.2) is 0 Å². The van der Waals surface area contributed by atoms with Crippen LogP contribution in [-0.2, 0) is 9.53 Å². The molecule has 0 aliphatic carbocycles. The molecular formula is C10H18F2N2O3. The number of amides is 1. The van der Waals surface area contributed by atoms with Gasteiger partial charge in [0.15, 0.2) is 0 Å². The van der Waals surface area contributed by atoms with Crippen LogP contribution in [-0.4, -0.2) is 55.9 Å². The normalized spacial score (nSPS) is 24.2. The Morgan fingerprint density at radius 2 is 2.35 bits per heavy atom. The molecular weight excluding hydrogens is 234 g/mol. The molecule has 7 heteroatoms. The number of nitrogens with one attached hydrogen (secondary N) is 2. The predicted octanol–water partition coefficient (Wildman–Crippen LogP) is -0.501. The number of β-amino-alcohol motifs (C(OH)–C–C–N with tert-alkyl or cyclic N) is 1. The second kappa shape index (κ2) is 6.83. The number of ether oxygens (including phenoxy) is 1. The van der Waals surface area contributed by atoms with Crippen LogP contribution in [0, 0.1) is 0 Å². The summed E-state index contributed by atoms with van der Waals surface area (Å²) in [7, 11) is 0. The Hall–Kier alpha value is -0.790. The van der Waals surface area contributed by atoms with Crippen LogP contribution >= 0.6 is 0 Å². The van der Waals surface area contributed by atoms with Gasteiger partial charge in [-0.05, 0) is 13.0 Å². The minimum atomic E-state index is -2.51. The molecule has 0 bridgehead atoms. The zero-order chi connectivity index (χ0) is 12.7. The SMILES string of the molecule is O=C(CCOCC(F)F)NCC1(O)CCNC1. The molecule has 1 aliphatic rings. The van der Waals surface area contributed by atoms with Crippen molar-refractivity contribution in [2.45, 2.75) is 24.9 Å². The maximum atomic E-state index is 11.7. The molecule has 17 heavy (non-hydrogen) atoms.